The minimum Gasteiger partial charge on any atom is -0.497 e. The van der Waals surface area contributed by atoms with Crippen LogP contribution in [0.2, 0.25) is 0 Å². The Bertz CT molecular complexity index is 768. The van der Waals surface area contributed by atoms with Gasteiger partial charge in [-0.25, -0.2) is 4.79 Å². The van der Waals surface area contributed by atoms with Gasteiger partial charge < -0.3 is 19.7 Å². The second-order valence-corrected chi connectivity index (χ2v) is 6.75. The Morgan fingerprint density at radius 3 is 2.14 bits per heavy atom. The van der Waals surface area contributed by atoms with E-state index in [1.807, 2.05) is 12.1 Å². The molecule has 0 aliphatic carbocycles. The molecule has 156 valence electrons. The number of carbonyl (C=O) groups is 2. The van der Waals surface area contributed by atoms with E-state index in [1.165, 1.54) is 4.90 Å². The maximum Gasteiger partial charge on any atom is 0.338 e. The zero-order chi connectivity index (χ0) is 21.1. The average molecular weight is 400 g/mol. The Balaban J connectivity index is 1.75. The highest BCUT2D eigenvalue weighted by Gasteiger charge is 2.10. The zero-order valence-electron chi connectivity index (χ0n) is 17.5. The second-order valence-electron chi connectivity index (χ2n) is 6.75. The predicted molar refractivity (Wildman–Crippen MR) is 114 cm³/mol. The van der Waals surface area contributed by atoms with E-state index in [4.69, 9.17) is 9.47 Å². The standard InChI is InChI=1S/C23H30N2O4/c1-4-25(5-2)16-17-29-23(27)19-6-10-20(11-7-19)24-15-14-22(26)18-8-12-21(28-3)13-9-18/h6-13,24H,4-5,14-17H2,1-3H3/p+1. The molecule has 0 bridgehead atoms. The van der Waals surface area contributed by atoms with Crippen molar-refractivity contribution in [3.63, 3.8) is 0 Å². The molecule has 0 saturated carbocycles. The van der Waals surface area contributed by atoms with Crippen molar-refractivity contribution in [3.8, 4) is 5.75 Å². The Kier molecular flexibility index (Phi) is 9.18. The van der Waals surface area contributed by atoms with E-state index in [0.717, 1.165) is 31.1 Å². The number of likely N-dealkylation sites (N-methyl/N-ethyl adjacent to an activating group) is 1. The first-order valence-electron chi connectivity index (χ1n) is 10.1. The van der Waals surface area contributed by atoms with Crippen LogP contribution >= 0.6 is 0 Å². The van der Waals surface area contributed by atoms with Gasteiger partial charge in [0.25, 0.3) is 0 Å². The van der Waals surface area contributed by atoms with Crippen LogP contribution in [-0.4, -0.2) is 51.6 Å². The van der Waals surface area contributed by atoms with Crippen molar-refractivity contribution >= 4 is 17.4 Å². The molecule has 2 aromatic rings. The van der Waals surface area contributed by atoms with Crippen molar-refractivity contribution in [2.75, 3.05) is 45.2 Å². The van der Waals surface area contributed by atoms with Crippen LogP contribution in [0.3, 0.4) is 0 Å². The van der Waals surface area contributed by atoms with Crippen molar-refractivity contribution in [2.24, 2.45) is 0 Å². The molecule has 0 spiro atoms. The lowest BCUT2D eigenvalue weighted by Crippen LogP contribution is -3.11. The lowest BCUT2D eigenvalue weighted by atomic mass is 10.1. The third kappa shape index (κ3) is 7.23. The first-order valence-corrected chi connectivity index (χ1v) is 10.1. The van der Waals surface area contributed by atoms with Gasteiger partial charge in [0, 0.05) is 24.2 Å². The molecule has 6 nitrogen and oxygen atoms in total. The second kappa shape index (κ2) is 11.9. The number of anilines is 1. The Morgan fingerprint density at radius 2 is 1.55 bits per heavy atom. The van der Waals surface area contributed by atoms with Crippen molar-refractivity contribution in [2.45, 2.75) is 20.3 Å². The van der Waals surface area contributed by atoms with E-state index in [9.17, 15) is 9.59 Å². The third-order valence-corrected chi connectivity index (χ3v) is 4.90. The van der Waals surface area contributed by atoms with E-state index in [0.29, 0.717) is 30.7 Å². The predicted octanol–water partition coefficient (Wildman–Crippen LogP) is 2.46. The maximum atomic E-state index is 12.2. The minimum absolute atomic E-state index is 0.0654. The zero-order valence-corrected chi connectivity index (χ0v) is 17.5. The minimum atomic E-state index is -0.308. The normalized spacial score (nSPS) is 10.6. The molecule has 0 atom stereocenters. The van der Waals surface area contributed by atoms with Crippen LogP contribution in [0, 0.1) is 0 Å². The van der Waals surface area contributed by atoms with Gasteiger partial charge in [-0.05, 0) is 62.4 Å². The van der Waals surface area contributed by atoms with E-state index in [1.54, 1.807) is 43.5 Å². The van der Waals surface area contributed by atoms with Gasteiger partial charge in [0.2, 0.25) is 0 Å². The van der Waals surface area contributed by atoms with Crippen LogP contribution in [-0.2, 0) is 4.74 Å². The molecule has 0 aromatic heterocycles. The van der Waals surface area contributed by atoms with E-state index >= 15 is 0 Å². The van der Waals surface area contributed by atoms with Gasteiger partial charge >= 0.3 is 5.97 Å². The summed E-state index contributed by atoms with van der Waals surface area (Å²) in [5, 5.41) is 3.21. The van der Waals surface area contributed by atoms with Crippen molar-refractivity contribution in [1.82, 2.24) is 0 Å². The first-order chi connectivity index (χ1) is 14.1. The molecule has 2 aromatic carbocycles. The molecule has 2 rings (SSSR count). The quantitative estimate of drug-likeness (QED) is 0.424. The van der Waals surface area contributed by atoms with Crippen LogP contribution < -0.4 is 15.0 Å². The Hall–Kier alpha value is -2.86. The molecule has 29 heavy (non-hydrogen) atoms. The summed E-state index contributed by atoms with van der Waals surface area (Å²) in [5.74, 6) is 0.487. The summed E-state index contributed by atoms with van der Waals surface area (Å²) in [5.41, 5.74) is 2.05. The summed E-state index contributed by atoms with van der Waals surface area (Å²) >= 11 is 0. The smallest absolute Gasteiger partial charge is 0.338 e. The van der Waals surface area contributed by atoms with Crippen molar-refractivity contribution in [3.05, 3.63) is 59.7 Å². The van der Waals surface area contributed by atoms with Gasteiger partial charge in [-0.3, -0.25) is 4.79 Å². The van der Waals surface area contributed by atoms with Crippen LogP contribution in [0.4, 0.5) is 5.69 Å². The van der Waals surface area contributed by atoms with Crippen LogP contribution in [0.1, 0.15) is 41.0 Å². The molecule has 0 radical (unpaired) electrons. The van der Waals surface area contributed by atoms with Gasteiger partial charge in [0.15, 0.2) is 5.78 Å². The van der Waals surface area contributed by atoms with Crippen LogP contribution in [0.5, 0.6) is 5.75 Å². The highest BCUT2D eigenvalue weighted by molar-refractivity contribution is 5.96. The molecule has 0 aliphatic heterocycles. The number of ether oxygens (including phenoxy) is 2. The first kappa shape index (κ1) is 22.4. The molecule has 0 fully saturated rings. The van der Waals surface area contributed by atoms with E-state index < -0.39 is 0 Å². The third-order valence-electron chi connectivity index (χ3n) is 4.90. The summed E-state index contributed by atoms with van der Waals surface area (Å²) in [7, 11) is 1.60. The Labute approximate surface area is 172 Å². The maximum absolute atomic E-state index is 12.2. The number of methoxy groups -OCH3 is 1. The van der Waals surface area contributed by atoms with E-state index in [2.05, 4.69) is 19.2 Å². The highest BCUT2D eigenvalue weighted by atomic mass is 16.5. The largest absolute Gasteiger partial charge is 0.497 e. The number of ketones is 1. The summed E-state index contributed by atoms with van der Waals surface area (Å²) in [6, 6.07) is 14.2. The lowest BCUT2D eigenvalue weighted by Gasteiger charge is -2.15. The van der Waals surface area contributed by atoms with Crippen LogP contribution in [0.15, 0.2) is 48.5 Å². The van der Waals surface area contributed by atoms with Gasteiger partial charge in [0.05, 0.1) is 25.8 Å². The van der Waals surface area contributed by atoms with Gasteiger partial charge in [-0.15, -0.1) is 0 Å². The van der Waals surface area contributed by atoms with Gasteiger partial charge in [0.1, 0.15) is 18.9 Å². The SMILES string of the molecule is CC[NH+](CC)CCOC(=O)c1ccc(NCCC(=O)c2ccc(OC)cc2)cc1. The number of hydrogen-bond donors (Lipinski definition) is 2. The number of rotatable bonds is 12. The summed E-state index contributed by atoms with van der Waals surface area (Å²) in [6.45, 7) is 8.05. The van der Waals surface area contributed by atoms with E-state index in [-0.39, 0.29) is 11.8 Å². The number of Topliss-reactive ketones (excluding diaryl/α,β-unsaturated/α-hetero) is 1. The van der Waals surface area contributed by atoms with Gasteiger partial charge in [-0.2, -0.15) is 0 Å². The fourth-order valence-electron chi connectivity index (χ4n) is 2.94. The Morgan fingerprint density at radius 1 is 0.931 bits per heavy atom. The highest BCUT2D eigenvalue weighted by Crippen LogP contribution is 2.14. The number of carbonyl (C=O) groups excluding carboxylic acids is 2. The van der Waals surface area contributed by atoms with Crippen molar-refractivity contribution < 1.29 is 24.0 Å². The topological polar surface area (TPSA) is 69.1 Å². The molecule has 0 amide bonds. The monoisotopic (exact) mass is 399 g/mol. The van der Waals surface area contributed by atoms with Crippen LogP contribution in [0.25, 0.3) is 0 Å². The average Bonchev–Trinajstić information content (AvgIpc) is 2.77. The van der Waals surface area contributed by atoms with Crippen molar-refractivity contribution in [1.29, 1.82) is 0 Å². The lowest BCUT2D eigenvalue weighted by molar-refractivity contribution is -0.896. The molecule has 0 aliphatic rings. The fraction of sp³-hybridized carbons (Fsp3) is 0.391. The van der Waals surface area contributed by atoms with Gasteiger partial charge in [-0.1, -0.05) is 0 Å². The number of quaternary nitrogens is 1. The number of esters is 1. The summed E-state index contributed by atoms with van der Waals surface area (Å²) in [6.07, 6.45) is 0.379. The molecule has 2 N–H and O–H groups in total. The molecule has 0 saturated heterocycles. The molecule has 0 unspecified atom stereocenters. The fourth-order valence-corrected chi connectivity index (χ4v) is 2.94. The molecule has 6 heteroatoms. The number of benzene rings is 2. The number of hydrogen-bond acceptors (Lipinski definition) is 5. The summed E-state index contributed by atoms with van der Waals surface area (Å²) < 4.78 is 10.4. The molecular formula is C23H31N2O4+. The summed E-state index contributed by atoms with van der Waals surface area (Å²) in [4.78, 5) is 25.7. The number of nitrogens with one attached hydrogen (secondary N) is 2. The molecule has 0 heterocycles. The molecular weight excluding hydrogens is 368 g/mol.